The predicted molar refractivity (Wildman–Crippen MR) is 71.9 cm³/mol. The van der Waals surface area contributed by atoms with Crippen molar-refractivity contribution in [2.45, 2.75) is 0 Å². The quantitative estimate of drug-likeness (QED) is 0.711. The number of pyridine rings is 1. The van der Waals surface area contributed by atoms with E-state index in [2.05, 4.69) is 21.0 Å². The second-order valence-electron chi connectivity index (χ2n) is 4.02. The number of nitrogens with two attached hydrogens (primary N) is 1. The van der Waals surface area contributed by atoms with E-state index in [4.69, 9.17) is 11.0 Å². The molecule has 5 nitrogen and oxygen atoms in total. The summed E-state index contributed by atoms with van der Waals surface area (Å²) in [5, 5.41) is 9.89. The summed E-state index contributed by atoms with van der Waals surface area (Å²) in [5.41, 5.74) is 8.87. The summed E-state index contributed by atoms with van der Waals surface area (Å²) in [6, 6.07) is 9.60. The maximum absolute atomic E-state index is 9.11. The van der Waals surface area contributed by atoms with Gasteiger partial charge in [-0.2, -0.15) is 5.26 Å². The van der Waals surface area contributed by atoms with Crippen LogP contribution in [-0.4, -0.2) is 15.0 Å². The zero-order valence-corrected chi connectivity index (χ0v) is 9.91. The Morgan fingerprint density at radius 1 is 1.16 bits per heavy atom. The number of anilines is 1. The van der Waals surface area contributed by atoms with Crippen molar-refractivity contribution in [3.05, 3.63) is 48.5 Å². The molecular weight excluding hydrogens is 238 g/mol. The number of hydrogen-bond donors (Lipinski definition) is 1. The number of rotatable bonds is 1. The standard InChI is InChI=1S/C14H9N5/c15-6-10-7-17-4-3-11(10)9-1-2-13-12(5-9)14(16)19-8-18-13/h1-5,7-8H,(H2,16,18,19). The summed E-state index contributed by atoms with van der Waals surface area (Å²) in [7, 11) is 0. The van der Waals surface area contributed by atoms with Gasteiger partial charge in [0.2, 0.25) is 0 Å². The maximum Gasteiger partial charge on any atom is 0.134 e. The lowest BCUT2D eigenvalue weighted by Gasteiger charge is -2.06. The van der Waals surface area contributed by atoms with Gasteiger partial charge in [-0.1, -0.05) is 6.07 Å². The van der Waals surface area contributed by atoms with Gasteiger partial charge in [0, 0.05) is 23.3 Å². The third-order valence-corrected chi connectivity index (χ3v) is 2.92. The Labute approximate surface area is 109 Å². The smallest absolute Gasteiger partial charge is 0.134 e. The molecule has 0 aliphatic rings. The molecule has 0 aliphatic heterocycles. The van der Waals surface area contributed by atoms with Gasteiger partial charge in [0.25, 0.3) is 0 Å². The van der Waals surface area contributed by atoms with Gasteiger partial charge >= 0.3 is 0 Å². The first-order chi connectivity index (χ1) is 9.29. The van der Waals surface area contributed by atoms with Gasteiger partial charge in [-0.15, -0.1) is 0 Å². The lowest BCUT2D eigenvalue weighted by Crippen LogP contribution is -1.94. The van der Waals surface area contributed by atoms with Crippen LogP contribution in [0.5, 0.6) is 0 Å². The first kappa shape index (κ1) is 11.1. The maximum atomic E-state index is 9.11. The van der Waals surface area contributed by atoms with Crippen molar-refractivity contribution in [3.63, 3.8) is 0 Å². The molecule has 2 N–H and O–H groups in total. The third-order valence-electron chi connectivity index (χ3n) is 2.92. The van der Waals surface area contributed by atoms with Crippen molar-refractivity contribution < 1.29 is 0 Å². The molecule has 5 heteroatoms. The number of nitrogens with zero attached hydrogens (tertiary/aromatic N) is 4. The van der Waals surface area contributed by atoms with E-state index < -0.39 is 0 Å². The van der Waals surface area contributed by atoms with E-state index in [1.54, 1.807) is 18.5 Å². The summed E-state index contributed by atoms with van der Waals surface area (Å²) in [6.07, 6.45) is 4.64. The summed E-state index contributed by atoms with van der Waals surface area (Å²) >= 11 is 0. The molecule has 0 aliphatic carbocycles. The molecule has 19 heavy (non-hydrogen) atoms. The van der Waals surface area contributed by atoms with Gasteiger partial charge in [0.1, 0.15) is 18.2 Å². The van der Waals surface area contributed by atoms with Crippen LogP contribution in [0.4, 0.5) is 5.82 Å². The van der Waals surface area contributed by atoms with Crippen molar-refractivity contribution in [2.24, 2.45) is 0 Å². The van der Waals surface area contributed by atoms with Crippen LogP contribution in [-0.2, 0) is 0 Å². The van der Waals surface area contributed by atoms with E-state index in [0.717, 1.165) is 22.0 Å². The normalized spacial score (nSPS) is 10.3. The second-order valence-corrected chi connectivity index (χ2v) is 4.02. The van der Waals surface area contributed by atoms with Gasteiger partial charge in [-0.05, 0) is 23.8 Å². The molecule has 1 aromatic carbocycles. The predicted octanol–water partition coefficient (Wildman–Crippen LogP) is 2.15. The van der Waals surface area contributed by atoms with Crippen LogP contribution in [0.1, 0.15) is 5.56 Å². The van der Waals surface area contributed by atoms with Crippen molar-refractivity contribution >= 4 is 16.7 Å². The van der Waals surface area contributed by atoms with Crippen molar-refractivity contribution in [1.82, 2.24) is 15.0 Å². The van der Waals surface area contributed by atoms with Crippen LogP contribution in [0.25, 0.3) is 22.0 Å². The van der Waals surface area contributed by atoms with Crippen molar-refractivity contribution in [2.75, 3.05) is 5.73 Å². The summed E-state index contributed by atoms with van der Waals surface area (Å²) in [5.74, 6) is 0.430. The molecular formula is C14H9N5. The zero-order chi connectivity index (χ0) is 13.2. The van der Waals surface area contributed by atoms with Gasteiger partial charge in [-0.3, -0.25) is 4.98 Å². The van der Waals surface area contributed by atoms with Crippen molar-refractivity contribution in [3.8, 4) is 17.2 Å². The summed E-state index contributed by atoms with van der Waals surface area (Å²) in [6.45, 7) is 0. The molecule has 3 rings (SSSR count). The highest BCUT2D eigenvalue weighted by atomic mass is 14.9. The van der Waals surface area contributed by atoms with E-state index in [1.807, 2.05) is 18.2 Å². The molecule has 0 unspecified atom stereocenters. The largest absolute Gasteiger partial charge is 0.383 e. The number of nitrogen functional groups attached to an aromatic ring is 1. The molecule has 3 aromatic rings. The summed E-state index contributed by atoms with van der Waals surface area (Å²) in [4.78, 5) is 12.1. The summed E-state index contributed by atoms with van der Waals surface area (Å²) < 4.78 is 0. The lowest BCUT2D eigenvalue weighted by molar-refractivity contribution is 1.23. The number of benzene rings is 1. The molecule has 0 radical (unpaired) electrons. The van der Waals surface area contributed by atoms with Crippen LogP contribution in [0.2, 0.25) is 0 Å². The average Bonchev–Trinajstić information content (AvgIpc) is 2.47. The third kappa shape index (κ3) is 1.85. The van der Waals surface area contributed by atoms with Gasteiger partial charge < -0.3 is 5.73 Å². The SMILES string of the molecule is N#Cc1cnccc1-c1ccc2ncnc(N)c2c1. The molecule has 2 aromatic heterocycles. The van der Waals surface area contributed by atoms with Crippen LogP contribution in [0.15, 0.2) is 43.0 Å². The minimum Gasteiger partial charge on any atom is -0.383 e. The topological polar surface area (TPSA) is 88.5 Å². The second kappa shape index (κ2) is 4.35. The molecule has 0 bridgehead atoms. The first-order valence-corrected chi connectivity index (χ1v) is 5.64. The van der Waals surface area contributed by atoms with E-state index in [0.29, 0.717) is 11.4 Å². The van der Waals surface area contributed by atoms with Gasteiger partial charge in [0.05, 0.1) is 11.1 Å². The first-order valence-electron chi connectivity index (χ1n) is 5.64. The van der Waals surface area contributed by atoms with Crippen molar-refractivity contribution in [1.29, 1.82) is 5.26 Å². The Morgan fingerprint density at radius 2 is 2.05 bits per heavy atom. The van der Waals surface area contributed by atoms with E-state index in [1.165, 1.54) is 6.33 Å². The average molecular weight is 247 g/mol. The fraction of sp³-hybridized carbons (Fsp3) is 0. The van der Waals surface area contributed by atoms with E-state index in [-0.39, 0.29) is 0 Å². The monoisotopic (exact) mass is 247 g/mol. The van der Waals surface area contributed by atoms with Crippen LogP contribution in [0.3, 0.4) is 0 Å². The number of fused-ring (bicyclic) bond motifs is 1. The molecule has 2 heterocycles. The van der Waals surface area contributed by atoms with Crippen LogP contribution < -0.4 is 5.73 Å². The molecule has 90 valence electrons. The van der Waals surface area contributed by atoms with Crippen LogP contribution in [0, 0.1) is 11.3 Å². The fourth-order valence-corrected chi connectivity index (χ4v) is 1.98. The Bertz CT molecular complexity index is 804. The fourth-order valence-electron chi connectivity index (χ4n) is 1.98. The van der Waals surface area contributed by atoms with Gasteiger partial charge in [-0.25, -0.2) is 9.97 Å². The molecule has 0 atom stereocenters. The minimum absolute atomic E-state index is 0.430. The van der Waals surface area contributed by atoms with Crippen LogP contribution >= 0.6 is 0 Å². The number of hydrogen-bond acceptors (Lipinski definition) is 5. The Kier molecular flexibility index (Phi) is 2.54. The molecule has 0 amide bonds. The lowest BCUT2D eigenvalue weighted by atomic mass is 10.0. The molecule has 0 spiro atoms. The Hall–Kier alpha value is -3.00. The van der Waals surface area contributed by atoms with Gasteiger partial charge in [0.15, 0.2) is 0 Å². The molecule has 0 fully saturated rings. The highest BCUT2D eigenvalue weighted by molar-refractivity contribution is 5.92. The number of nitriles is 1. The Balaban J connectivity index is 2.27. The highest BCUT2D eigenvalue weighted by Crippen LogP contribution is 2.27. The van der Waals surface area contributed by atoms with E-state index in [9.17, 15) is 0 Å². The highest BCUT2D eigenvalue weighted by Gasteiger charge is 2.07. The molecule has 0 saturated heterocycles. The zero-order valence-electron chi connectivity index (χ0n) is 9.91. The Morgan fingerprint density at radius 3 is 2.89 bits per heavy atom. The molecule has 0 saturated carbocycles. The number of aromatic nitrogens is 3. The van der Waals surface area contributed by atoms with E-state index >= 15 is 0 Å². The minimum atomic E-state index is 0.430.